The van der Waals surface area contributed by atoms with Crippen LogP contribution in [0, 0.1) is 0 Å². The molecule has 2 aliphatic rings. The summed E-state index contributed by atoms with van der Waals surface area (Å²) in [7, 11) is 0. The van der Waals surface area contributed by atoms with Crippen molar-refractivity contribution >= 4 is 17.7 Å². The van der Waals surface area contributed by atoms with Gasteiger partial charge in [0.2, 0.25) is 5.91 Å². The maximum Gasteiger partial charge on any atom is 0.247 e. The number of amides is 1. The lowest BCUT2D eigenvalue weighted by Crippen LogP contribution is -2.63. The smallest absolute Gasteiger partial charge is 0.247 e. The summed E-state index contributed by atoms with van der Waals surface area (Å²) in [6, 6.07) is 0. The molecule has 146 valence electrons. The van der Waals surface area contributed by atoms with Crippen LogP contribution in [0.25, 0.3) is 0 Å². The molecular formula is C13H23NO10S. The van der Waals surface area contributed by atoms with Crippen LogP contribution >= 0.6 is 11.8 Å². The molecule has 0 aromatic rings. The Kier molecular flexibility index (Phi) is 7.01. The molecule has 0 unspecified atom stereocenters. The van der Waals surface area contributed by atoms with Crippen molar-refractivity contribution in [3.05, 3.63) is 0 Å². The molecule has 0 aliphatic carbocycles. The van der Waals surface area contributed by atoms with E-state index in [4.69, 9.17) is 20.3 Å². The number of hydrogen-bond donors (Lipinski definition) is 8. The number of aliphatic hydroxyl groups is 7. The first-order chi connectivity index (χ1) is 11.7. The molecule has 2 heterocycles. The lowest BCUT2D eigenvalue weighted by Gasteiger charge is -2.45. The summed E-state index contributed by atoms with van der Waals surface area (Å²) in [6.45, 7) is -1.29. The lowest BCUT2D eigenvalue weighted by atomic mass is 9.97. The molecule has 0 spiro atoms. The van der Waals surface area contributed by atoms with Gasteiger partial charge < -0.3 is 51.0 Å². The van der Waals surface area contributed by atoms with Gasteiger partial charge in [-0.1, -0.05) is 0 Å². The third kappa shape index (κ3) is 4.08. The fraction of sp³-hybridized carbons (Fsp3) is 0.923. The number of hydrogen-bond acceptors (Lipinski definition) is 11. The van der Waals surface area contributed by atoms with Gasteiger partial charge in [-0.25, -0.2) is 0 Å². The highest BCUT2D eigenvalue weighted by Crippen LogP contribution is 2.37. The van der Waals surface area contributed by atoms with E-state index in [-0.39, 0.29) is 0 Å². The molecular weight excluding hydrogens is 362 g/mol. The molecule has 2 rings (SSSR count). The number of rotatable bonds is 5. The molecule has 1 amide bonds. The minimum Gasteiger partial charge on any atom is -0.394 e. The van der Waals surface area contributed by atoms with Crippen LogP contribution in [0.5, 0.6) is 0 Å². The number of primary amides is 1. The van der Waals surface area contributed by atoms with E-state index in [1.807, 2.05) is 0 Å². The van der Waals surface area contributed by atoms with Crippen molar-refractivity contribution in [1.82, 2.24) is 0 Å². The molecule has 10 atom stereocenters. The average Bonchev–Trinajstić information content (AvgIpc) is 2.59. The summed E-state index contributed by atoms with van der Waals surface area (Å²) in [5.74, 6) is -0.966. The van der Waals surface area contributed by atoms with Crippen molar-refractivity contribution in [2.75, 3.05) is 13.2 Å². The zero-order chi connectivity index (χ0) is 18.9. The number of carbonyl (C=O) groups excluding carboxylic acids is 1. The lowest BCUT2D eigenvalue weighted by molar-refractivity contribution is -0.207. The number of carbonyl (C=O) groups is 1. The molecule has 25 heavy (non-hydrogen) atoms. The van der Waals surface area contributed by atoms with E-state index in [0.717, 1.165) is 0 Å². The molecule has 2 saturated heterocycles. The fourth-order valence-corrected chi connectivity index (χ4v) is 4.31. The fourth-order valence-electron chi connectivity index (χ4n) is 2.81. The first kappa shape index (κ1) is 20.8. The van der Waals surface area contributed by atoms with Crippen molar-refractivity contribution in [3.8, 4) is 0 Å². The Morgan fingerprint density at radius 2 is 1.36 bits per heavy atom. The van der Waals surface area contributed by atoms with E-state index in [1.165, 1.54) is 0 Å². The number of aliphatic hydroxyl groups excluding tert-OH is 7. The molecule has 2 fully saturated rings. The summed E-state index contributed by atoms with van der Waals surface area (Å²) in [5, 5.41) is 67.0. The zero-order valence-corrected chi connectivity index (χ0v) is 13.8. The third-order valence-electron chi connectivity index (χ3n) is 4.29. The Morgan fingerprint density at radius 3 is 1.88 bits per heavy atom. The Hall–Kier alpha value is -0.540. The van der Waals surface area contributed by atoms with E-state index in [9.17, 15) is 35.4 Å². The Bertz CT molecular complexity index is 468. The predicted octanol–water partition coefficient (Wildman–Crippen LogP) is -5.15. The van der Waals surface area contributed by atoms with Crippen molar-refractivity contribution in [3.63, 3.8) is 0 Å². The Labute approximate surface area is 147 Å². The van der Waals surface area contributed by atoms with Crippen LogP contribution in [0.4, 0.5) is 0 Å². The van der Waals surface area contributed by atoms with Gasteiger partial charge in [0, 0.05) is 0 Å². The molecule has 0 bridgehead atoms. The first-order valence-corrected chi connectivity index (χ1v) is 8.55. The quantitative estimate of drug-likeness (QED) is 0.225. The van der Waals surface area contributed by atoms with Gasteiger partial charge in [0.25, 0.3) is 0 Å². The van der Waals surface area contributed by atoms with E-state index in [2.05, 4.69) is 0 Å². The van der Waals surface area contributed by atoms with Gasteiger partial charge >= 0.3 is 0 Å². The maximum absolute atomic E-state index is 11.6. The summed E-state index contributed by atoms with van der Waals surface area (Å²) in [4.78, 5) is 11.6. The van der Waals surface area contributed by atoms with Crippen molar-refractivity contribution in [1.29, 1.82) is 0 Å². The zero-order valence-electron chi connectivity index (χ0n) is 13.0. The maximum atomic E-state index is 11.6. The molecule has 2 aliphatic heterocycles. The number of nitrogens with two attached hydrogens (primary N) is 1. The summed E-state index contributed by atoms with van der Waals surface area (Å²) >= 11 is 0.663. The van der Waals surface area contributed by atoms with Gasteiger partial charge in [-0.3, -0.25) is 4.79 Å². The van der Waals surface area contributed by atoms with Crippen molar-refractivity contribution in [2.45, 2.75) is 59.5 Å². The second-order valence-electron chi connectivity index (χ2n) is 5.96. The van der Waals surface area contributed by atoms with Gasteiger partial charge in [0.15, 0.2) is 6.10 Å². The Balaban J connectivity index is 2.19. The third-order valence-corrected chi connectivity index (χ3v) is 5.79. The van der Waals surface area contributed by atoms with Crippen LogP contribution in [0.3, 0.4) is 0 Å². The molecule has 0 radical (unpaired) electrons. The van der Waals surface area contributed by atoms with Crippen molar-refractivity contribution in [2.24, 2.45) is 5.73 Å². The van der Waals surface area contributed by atoms with Crippen LogP contribution in [0.15, 0.2) is 0 Å². The largest absolute Gasteiger partial charge is 0.394 e. The van der Waals surface area contributed by atoms with E-state index < -0.39 is 78.6 Å². The predicted molar refractivity (Wildman–Crippen MR) is 82.1 cm³/mol. The molecule has 11 nitrogen and oxygen atoms in total. The Morgan fingerprint density at radius 1 is 0.840 bits per heavy atom. The van der Waals surface area contributed by atoms with E-state index in [1.54, 1.807) is 0 Å². The van der Waals surface area contributed by atoms with Crippen LogP contribution in [-0.2, 0) is 14.3 Å². The molecule has 0 aromatic heterocycles. The van der Waals surface area contributed by atoms with Crippen LogP contribution in [0.2, 0.25) is 0 Å². The summed E-state index contributed by atoms with van der Waals surface area (Å²) in [5.41, 5.74) is 3.99. The summed E-state index contributed by atoms with van der Waals surface area (Å²) < 4.78 is 10.5. The minimum absolute atomic E-state index is 0.639. The minimum atomic E-state index is -1.63. The SMILES string of the molecule is NC(=O)[C@@H]1O[C@H](CO)[C@@H](O)[C@H](O)[C@@H]1S[C@@H]1O[C@H](CO)[C@H](O)[C@H](O)[C@H]1O. The van der Waals surface area contributed by atoms with Crippen molar-refractivity contribution < 1.29 is 50.0 Å². The van der Waals surface area contributed by atoms with Gasteiger partial charge in [0.05, 0.1) is 24.6 Å². The van der Waals surface area contributed by atoms with Gasteiger partial charge in [-0.2, -0.15) is 0 Å². The molecule has 0 saturated carbocycles. The second kappa shape index (κ2) is 8.43. The standard InChI is InChI=1S/C13H23NO10S/c14-12(22)10-11(8(20)6(18)3(1-15)23-10)25-13-9(21)7(19)5(17)4(2-16)24-13/h3-11,13,15-21H,1-2H2,(H2,14,22)/t3-,4-,5+,6-,7+,8+,9-,10-,11+,13+/m1/s1. The topological polar surface area (TPSA) is 203 Å². The van der Waals surface area contributed by atoms with Gasteiger partial charge in [-0.05, 0) is 0 Å². The normalized spacial score (nSPS) is 48.3. The highest BCUT2D eigenvalue weighted by atomic mass is 32.2. The van der Waals surface area contributed by atoms with Crippen LogP contribution < -0.4 is 5.73 Å². The highest BCUT2D eigenvalue weighted by Gasteiger charge is 2.51. The number of thioether (sulfide) groups is 1. The molecule has 9 N–H and O–H groups in total. The van der Waals surface area contributed by atoms with E-state index in [0.29, 0.717) is 11.8 Å². The molecule has 0 aromatic carbocycles. The summed E-state index contributed by atoms with van der Waals surface area (Å²) in [6.07, 6.45) is -11.7. The van der Waals surface area contributed by atoms with Gasteiger partial charge in [-0.15, -0.1) is 11.8 Å². The first-order valence-electron chi connectivity index (χ1n) is 7.60. The highest BCUT2D eigenvalue weighted by molar-refractivity contribution is 8.00. The molecule has 12 heteroatoms. The van der Waals surface area contributed by atoms with Crippen LogP contribution in [0.1, 0.15) is 0 Å². The van der Waals surface area contributed by atoms with Gasteiger partial charge in [0.1, 0.15) is 42.1 Å². The number of ether oxygens (including phenoxy) is 2. The monoisotopic (exact) mass is 385 g/mol. The second-order valence-corrected chi connectivity index (χ2v) is 7.24. The average molecular weight is 385 g/mol. The van der Waals surface area contributed by atoms with E-state index >= 15 is 0 Å². The van der Waals surface area contributed by atoms with Crippen LogP contribution in [-0.4, -0.2) is 114 Å².